The zero-order chi connectivity index (χ0) is 18.6. The molecule has 142 valence electrons. The number of rotatable bonds is 6. The standard InChI is InChI=1S/C21H32N4O/c1-17-6-5-7-19(12-17)20(24-8-10-26-11-9-24)15-22-13-18-14-23-25(16-18)21(2,3)4/h5-7,12,14,16,20,22H,8-11,13,15H2,1-4H3. The maximum Gasteiger partial charge on any atom is 0.0594 e. The second-order valence-corrected chi connectivity index (χ2v) is 8.17. The van der Waals surface area contributed by atoms with Crippen molar-refractivity contribution < 1.29 is 4.74 Å². The van der Waals surface area contributed by atoms with E-state index < -0.39 is 0 Å². The summed E-state index contributed by atoms with van der Waals surface area (Å²) in [4.78, 5) is 2.53. The van der Waals surface area contributed by atoms with Gasteiger partial charge in [0.25, 0.3) is 0 Å². The van der Waals surface area contributed by atoms with Crippen molar-refractivity contribution >= 4 is 0 Å². The summed E-state index contributed by atoms with van der Waals surface area (Å²) in [5, 5.41) is 8.14. The summed E-state index contributed by atoms with van der Waals surface area (Å²) < 4.78 is 7.58. The molecule has 1 saturated heterocycles. The Morgan fingerprint density at radius 2 is 2.00 bits per heavy atom. The molecule has 26 heavy (non-hydrogen) atoms. The highest BCUT2D eigenvalue weighted by Crippen LogP contribution is 2.22. The van der Waals surface area contributed by atoms with Crippen LogP contribution >= 0.6 is 0 Å². The Balaban J connectivity index is 1.65. The number of nitrogens with one attached hydrogen (secondary N) is 1. The predicted octanol–water partition coefficient (Wildman–Crippen LogP) is 3.11. The topological polar surface area (TPSA) is 42.3 Å². The van der Waals surface area contributed by atoms with E-state index in [2.05, 4.69) is 73.5 Å². The summed E-state index contributed by atoms with van der Waals surface area (Å²) in [6.45, 7) is 14.0. The molecule has 0 radical (unpaired) electrons. The minimum absolute atomic E-state index is 0.0240. The van der Waals surface area contributed by atoms with Crippen molar-refractivity contribution in [3.8, 4) is 0 Å². The van der Waals surface area contributed by atoms with Crippen molar-refractivity contribution in [3.63, 3.8) is 0 Å². The monoisotopic (exact) mass is 356 g/mol. The summed E-state index contributed by atoms with van der Waals surface area (Å²) in [5.41, 5.74) is 3.94. The number of hydrogen-bond acceptors (Lipinski definition) is 4. The number of hydrogen-bond donors (Lipinski definition) is 1. The van der Waals surface area contributed by atoms with Gasteiger partial charge in [0, 0.05) is 44.0 Å². The van der Waals surface area contributed by atoms with E-state index in [9.17, 15) is 0 Å². The van der Waals surface area contributed by atoms with Crippen LogP contribution in [-0.2, 0) is 16.8 Å². The maximum absolute atomic E-state index is 5.54. The van der Waals surface area contributed by atoms with Gasteiger partial charge in [-0.2, -0.15) is 5.10 Å². The molecule has 1 N–H and O–H groups in total. The molecule has 1 aliphatic heterocycles. The lowest BCUT2D eigenvalue weighted by molar-refractivity contribution is 0.0161. The highest BCUT2D eigenvalue weighted by atomic mass is 16.5. The van der Waals surface area contributed by atoms with Gasteiger partial charge in [0.05, 0.1) is 24.9 Å². The van der Waals surface area contributed by atoms with E-state index in [1.807, 2.05) is 10.9 Å². The van der Waals surface area contributed by atoms with Crippen LogP contribution in [0.5, 0.6) is 0 Å². The average Bonchev–Trinajstić information content (AvgIpc) is 3.09. The van der Waals surface area contributed by atoms with E-state index in [4.69, 9.17) is 4.74 Å². The van der Waals surface area contributed by atoms with Crippen LogP contribution in [-0.4, -0.2) is 47.5 Å². The lowest BCUT2D eigenvalue weighted by Gasteiger charge is -2.35. The quantitative estimate of drug-likeness (QED) is 0.864. The van der Waals surface area contributed by atoms with Crippen LogP contribution in [0.4, 0.5) is 0 Å². The summed E-state index contributed by atoms with van der Waals surface area (Å²) in [5.74, 6) is 0. The molecule has 2 heterocycles. The summed E-state index contributed by atoms with van der Waals surface area (Å²) in [6, 6.07) is 9.24. The Morgan fingerprint density at radius 3 is 2.65 bits per heavy atom. The maximum atomic E-state index is 5.54. The highest BCUT2D eigenvalue weighted by Gasteiger charge is 2.22. The first-order valence-corrected chi connectivity index (χ1v) is 9.56. The number of aryl methyl sites for hydroxylation is 1. The largest absolute Gasteiger partial charge is 0.379 e. The van der Waals surface area contributed by atoms with Crippen molar-refractivity contribution in [2.45, 2.75) is 45.8 Å². The molecule has 1 atom stereocenters. The van der Waals surface area contributed by atoms with Gasteiger partial charge in [-0.05, 0) is 33.3 Å². The third kappa shape index (κ3) is 4.93. The second kappa shape index (κ2) is 8.33. The van der Waals surface area contributed by atoms with Crippen LogP contribution in [0.15, 0.2) is 36.7 Å². The van der Waals surface area contributed by atoms with Gasteiger partial charge >= 0.3 is 0 Å². The molecule has 0 saturated carbocycles. The lowest BCUT2D eigenvalue weighted by atomic mass is 10.0. The molecule has 0 spiro atoms. The molecule has 5 heteroatoms. The Morgan fingerprint density at radius 1 is 1.23 bits per heavy atom. The van der Waals surface area contributed by atoms with Crippen LogP contribution in [0.25, 0.3) is 0 Å². The molecule has 0 aliphatic carbocycles. The van der Waals surface area contributed by atoms with E-state index in [0.29, 0.717) is 6.04 Å². The molecular formula is C21H32N4O. The van der Waals surface area contributed by atoms with E-state index in [-0.39, 0.29) is 5.54 Å². The molecular weight excluding hydrogens is 324 g/mol. The zero-order valence-electron chi connectivity index (χ0n) is 16.5. The van der Waals surface area contributed by atoms with Crippen molar-refractivity contribution in [2.75, 3.05) is 32.8 Å². The van der Waals surface area contributed by atoms with E-state index in [1.165, 1.54) is 16.7 Å². The first kappa shape index (κ1) is 19.1. The number of morpholine rings is 1. The Kier molecular flexibility index (Phi) is 6.12. The molecule has 1 aromatic heterocycles. The first-order chi connectivity index (χ1) is 12.4. The van der Waals surface area contributed by atoms with E-state index >= 15 is 0 Å². The number of benzene rings is 1. The molecule has 1 aromatic carbocycles. The number of ether oxygens (including phenoxy) is 1. The average molecular weight is 357 g/mol. The minimum atomic E-state index is 0.0240. The molecule has 1 aliphatic rings. The van der Waals surface area contributed by atoms with Gasteiger partial charge in [-0.25, -0.2) is 0 Å². The van der Waals surface area contributed by atoms with E-state index in [1.54, 1.807) is 0 Å². The highest BCUT2D eigenvalue weighted by molar-refractivity contribution is 5.25. The van der Waals surface area contributed by atoms with Crippen LogP contribution in [0, 0.1) is 6.92 Å². The third-order valence-electron chi connectivity index (χ3n) is 4.90. The molecule has 2 aromatic rings. The van der Waals surface area contributed by atoms with Crippen LogP contribution < -0.4 is 5.32 Å². The smallest absolute Gasteiger partial charge is 0.0594 e. The third-order valence-corrected chi connectivity index (χ3v) is 4.90. The Labute approximate surface area is 157 Å². The van der Waals surface area contributed by atoms with Gasteiger partial charge < -0.3 is 10.1 Å². The number of nitrogens with zero attached hydrogens (tertiary/aromatic N) is 3. The summed E-state index contributed by atoms with van der Waals surface area (Å²) >= 11 is 0. The Hall–Kier alpha value is -1.69. The SMILES string of the molecule is Cc1cccc(C(CNCc2cnn(C(C)(C)C)c2)N2CCOCC2)c1. The molecule has 3 rings (SSSR count). The minimum Gasteiger partial charge on any atom is -0.379 e. The molecule has 1 unspecified atom stereocenters. The van der Waals surface area contributed by atoms with Crippen molar-refractivity contribution in [1.29, 1.82) is 0 Å². The first-order valence-electron chi connectivity index (χ1n) is 9.56. The van der Waals surface area contributed by atoms with Gasteiger partial charge in [-0.15, -0.1) is 0 Å². The molecule has 1 fully saturated rings. The van der Waals surface area contributed by atoms with E-state index in [0.717, 1.165) is 39.4 Å². The molecule has 0 amide bonds. The van der Waals surface area contributed by atoms with Crippen molar-refractivity contribution in [2.24, 2.45) is 0 Å². The normalized spacial score (nSPS) is 17.4. The number of aromatic nitrogens is 2. The van der Waals surface area contributed by atoms with Crippen molar-refractivity contribution in [1.82, 2.24) is 20.0 Å². The van der Waals surface area contributed by atoms with Crippen molar-refractivity contribution in [3.05, 3.63) is 53.3 Å². The van der Waals surface area contributed by atoms with Crippen LogP contribution in [0.3, 0.4) is 0 Å². The van der Waals surface area contributed by atoms with Crippen LogP contribution in [0.1, 0.15) is 43.5 Å². The summed E-state index contributed by atoms with van der Waals surface area (Å²) in [6.07, 6.45) is 4.11. The van der Waals surface area contributed by atoms with Gasteiger partial charge in [-0.1, -0.05) is 29.8 Å². The zero-order valence-corrected chi connectivity index (χ0v) is 16.5. The fraction of sp³-hybridized carbons (Fsp3) is 0.571. The molecule has 0 bridgehead atoms. The lowest BCUT2D eigenvalue weighted by Crippen LogP contribution is -2.42. The summed E-state index contributed by atoms with van der Waals surface area (Å²) in [7, 11) is 0. The van der Waals surface area contributed by atoms with Gasteiger partial charge in [0.15, 0.2) is 0 Å². The fourth-order valence-electron chi connectivity index (χ4n) is 3.40. The van der Waals surface area contributed by atoms with Gasteiger partial charge in [0.2, 0.25) is 0 Å². The van der Waals surface area contributed by atoms with Gasteiger partial charge in [-0.3, -0.25) is 9.58 Å². The predicted molar refractivity (Wildman–Crippen MR) is 105 cm³/mol. The Bertz CT molecular complexity index is 698. The second-order valence-electron chi connectivity index (χ2n) is 8.17. The molecule has 5 nitrogen and oxygen atoms in total. The van der Waals surface area contributed by atoms with Gasteiger partial charge in [0.1, 0.15) is 0 Å². The fourth-order valence-corrected chi connectivity index (χ4v) is 3.40. The van der Waals surface area contributed by atoms with Crippen LogP contribution in [0.2, 0.25) is 0 Å².